The number of anilines is 1. The highest BCUT2D eigenvalue weighted by molar-refractivity contribution is 7.88. The van der Waals surface area contributed by atoms with Crippen LogP contribution in [0.15, 0.2) is 29.6 Å². The van der Waals surface area contributed by atoms with Crippen molar-refractivity contribution in [3.63, 3.8) is 0 Å². The third-order valence-corrected chi connectivity index (χ3v) is 8.79. The predicted molar refractivity (Wildman–Crippen MR) is 123 cm³/mol. The molecule has 2 aromatic rings. The van der Waals surface area contributed by atoms with Gasteiger partial charge in [-0.15, -0.1) is 11.3 Å². The lowest BCUT2D eigenvalue weighted by Crippen LogP contribution is -2.48. The van der Waals surface area contributed by atoms with E-state index in [0.29, 0.717) is 23.7 Å². The Hall–Kier alpha value is -1.77. The van der Waals surface area contributed by atoms with Crippen molar-refractivity contribution in [2.75, 3.05) is 18.1 Å². The Balaban J connectivity index is 1.21. The van der Waals surface area contributed by atoms with Gasteiger partial charge in [0, 0.05) is 22.9 Å². The van der Waals surface area contributed by atoms with E-state index in [2.05, 4.69) is 15.4 Å². The topological polar surface area (TPSA) is 88.2 Å². The molecule has 6 rings (SSSR count). The van der Waals surface area contributed by atoms with E-state index >= 15 is 0 Å². The van der Waals surface area contributed by atoms with E-state index in [1.54, 1.807) is 12.1 Å². The SMILES string of the molecule is CS(=O)(=O)NCCc1ccc(C(=O)Nc2nc(C34CC5CC(CC(C5)C3)C4)cs2)cc1. The summed E-state index contributed by atoms with van der Waals surface area (Å²) in [4.78, 5) is 17.6. The monoisotopic (exact) mass is 459 g/mol. The summed E-state index contributed by atoms with van der Waals surface area (Å²) in [5, 5.41) is 5.82. The molecule has 1 aromatic carbocycles. The largest absolute Gasteiger partial charge is 0.298 e. The molecule has 0 radical (unpaired) electrons. The van der Waals surface area contributed by atoms with E-state index in [0.717, 1.165) is 29.6 Å². The highest BCUT2D eigenvalue weighted by Crippen LogP contribution is 2.60. The quantitative estimate of drug-likeness (QED) is 0.656. The lowest BCUT2D eigenvalue weighted by atomic mass is 9.49. The molecule has 1 amide bonds. The van der Waals surface area contributed by atoms with E-state index in [1.165, 1.54) is 55.6 Å². The van der Waals surface area contributed by atoms with E-state index in [-0.39, 0.29) is 11.3 Å². The van der Waals surface area contributed by atoms with E-state index < -0.39 is 10.0 Å². The third-order valence-electron chi connectivity index (χ3n) is 7.30. The number of carbonyl (C=O) groups excluding carboxylic acids is 1. The van der Waals surface area contributed by atoms with Crippen LogP contribution in [-0.2, 0) is 21.9 Å². The van der Waals surface area contributed by atoms with E-state index in [9.17, 15) is 13.2 Å². The lowest BCUT2D eigenvalue weighted by molar-refractivity contribution is -0.00688. The average molecular weight is 460 g/mol. The summed E-state index contributed by atoms with van der Waals surface area (Å²) >= 11 is 1.53. The molecule has 6 nitrogen and oxygen atoms in total. The molecule has 1 aromatic heterocycles. The molecule has 0 spiro atoms. The van der Waals surface area contributed by atoms with Crippen LogP contribution in [0.5, 0.6) is 0 Å². The highest BCUT2D eigenvalue weighted by Gasteiger charge is 2.52. The number of amides is 1. The Labute approximate surface area is 187 Å². The van der Waals surface area contributed by atoms with Crippen LogP contribution in [0.2, 0.25) is 0 Å². The van der Waals surface area contributed by atoms with Crippen molar-refractivity contribution in [2.24, 2.45) is 17.8 Å². The second-order valence-corrected chi connectivity index (χ2v) is 12.5. The van der Waals surface area contributed by atoms with Crippen LogP contribution in [0.4, 0.5) is 5.13 Å². The standard InChI is InChI=1S/C23H29N3O3S2/c1-31(28,29)24-7-6-15-2-4-19(5-3-15)21(27)26-22-25-20(14-30-22)23-11-16-8-17(12-23)10-18(9-16)13-23/h2-5,14,16-18,24H,6-13H2,1H3,(H,25,26,27). The number of rotatable bonds is 7. The molecule has 4 fully saturated rings. The zero-order valence-electron chi connectivity index (χ0n) is 17.8. The van der Waals surface area contributed by atoms with Gasteiger partial charge in [0.2, 0.25) is 10.0 Å². The van der Waals surface area contributed by atoms with Crippen molar-refractivity contribution >= 4 is 32.4 Å². The summed E-state index contributed by atoms with van der Waals surface area (Å²) in [7, 11) is -3.18. The van der Waals surface area contributed by atoms with Gasteiger partial charge in [-0.3, -0.25) is 10.1 Å². The molecule has 31 heavy (non-hydrogen) atoms. The number of carbonyl (C=O) groups is 1. The van der Waals surface area contributed by atoms with Crippen molar-refractivity contribution in [2.45, 2.75) is 50.4 Å². The zero-order valence-corrected chi connectivity index (χ0v) is 19.4. The predicted octanol–water partition coefficient (Wildman–Crippen LogP) is 3.95. The van der Waals surface area contributed by atoms with Crippen LogP contribution in [0.25, 0.3) is 0 Å². The number of nitrogens with one attached hydrogen (secondary N) is 2. The van der Waals surface area contributed by atoms with Crippen LogP contribution in [-0.4, -0.2) is 32.1 Å². The molecule has 1 heterocycles. The minimum absolute atomic E-state index is 0.160. The first-order valence-corrected chi connectivity index (χ1v) is 13.9. The normalized spacial score (nSPS) is 29.3. The van der Waals surface area contributed by atoms with Crippen molar-refractivity contribution in [3.8, 4) is 0 Å². The van der Waals surface area contributed by atoms with Crippen molar-refractivity contribution in [1.29, 1.82) is 0 Å². The number of thiazole rings is 1. The summed E-state index contributed by atoms with van der Waals surface area (Å²) in [6.07, 6.45) is 9.76. The van der Waals surface area contributed by atoms with Gasteiger partial charge in [0.05, 0.1) is 11.9 Å². The summed E-state index contributed by atoms with van der Waals surface area (Å²) in [5.74, 6) is 2.46. The lowest BCUT2D eigenvalue weighted by Gasteiger charge is -2.56. The Kier molecular flexibility index (Phi) is 5.43. The molecule has 2 N–H and O–H groups in total. The summed E-state index contributed by atoms with van der Waals surface area (Å²) in [5.41, 5.74) is 2.99. The first kappa shape index (κ1) is 21.1. The van der Waals surface area contributed by atoms with Crippen molar-refractivity contribution in [1.82, 2.24) is 9.71 Å². The molecule has 0 atom stereocenters. The molecule has 4 aliphatic rings. The molecular weight excluding hydrogens is 430 g/mol. The van der Waals surface area contributed by atoms with E-state index in [1.807, 2.05) is 12.1 Å². The van der Waals surface area contributed by atoms with Crippen LogP contribution in [0, 0.1) is 17.8 Å². The second kappa shape index (κ2) is 7.98. The molecule has 4 saturated carbocycles. The molecule has 4 aliphatic carbocycles. The maximum atomic E-state index is 12.7. The number of hydrogen-bond acceptors (Lipinski definition) is 5. The van der Waals surface area contributed by atoms with Gasteiger partial charge in [0.25, 0.3) is 5.91 Å². The number of sulfonamides is 1. The summed E-state index contributed by atoms with van der Waals surface area (Å²) in [6, 6.07) is 7.28. The molecule has 0 saturated heterocycles. The highest BCUT2D eigenvalue weighted by atomic mass is 32.2. The summed E-state index contributed by atoms with van der Waals surface area (Å²) in [6.45, 7) is 0.344. The van der Waals surface area contributed by atoms with Gasteiger partial charge in [-0.1, -0.05) is 12.1 Å². The van der Waals surface area contributed by atoms with Gasteiger partial charge in [0.1, 0.15) is 0 Å². The van der Waals surface area contributed by atoms with Crippen molar-refractivity contribution < 1.29 is 13.2 Å². The number of benzene rings is 1. The van der Waals surface area contributed by atoms with Gasteiger partial charge in [-0.2, -0.15) is 0 Å². The third kappa shape index (κ3) is 4.56. The first-order valence-electron chi connectivity index (χ1n) is 11.1. The van der Waals surface area contributed by atoms with Crippen LogP contribution in [0.1, 0.15) is 60.1 Å². The smallest absolute Gasteiger partial charge is 0.257 e. The summed E-state index contributed by atoms with van der Waals surface area (Å²) < 4.78 is 24.8. The van der Waals surface area contributed by atoms with Gasteiger partial charge < -0.3 is 0 Å². The number of aromatic nitrogens is 1. The molecule has 8 heteroatoms. The fraction of sp³-hybridized carbons (Fsp3) is 0.565. The van der Waals surface area contributed by atoms with Crippen LogP contribution >= 0.6 is 11.3 Å². The van der Waals surface area contributed by atoms with Crippen LogP contribution < -0.4 is 10.0 Å². The first-order chi connectivity index (χ1) is 14.8. The molecule has 166 valence electrons. The number of hydrogen-bond donors (Lipinski definition) is 2. The Morgan fingerprint density at radius 2 is 1.71 bits per heavy atom. The second-order valence-electron chi connectivity index (χ2n) is 9.80. The van der Waals surface area contributed by atoms with Gasteiger partial charge in [-0.05, 0) is 80.4 Å². The fourth-order valence-electron chi connectivity index (χ4n) is 6.37. The molecular formula is C23H29N3O3S2. The van der Waals surface area contributed by atoms with Gasteiger partial charge in [0.15, 0.2) is 5.13 Å². The maximum Gasteiger partial charge on any atom is 0.257 e. The zero-order chi connectivity index (χ0) is 21.6. The number of nitrogens with zero attached hydrogens (tertiary/aromatic N) is 1. The molecule has 0 aliphatic heterocycles. The minimum atomic E-state index is -3.18. The van der Waals surface area contributed by atoms with Crippen LogP contribution in [0.3, 0.4) is 0 Å². The van der Waals surface area contributed by atoms with Crippen molar-refractivity contribution in [3.05, 3.63) is 46.5 Å². The average Bonchev–Trinajstić information content (AvgIpc) is 3.16. The fourth-order valence-corrected chi connectivity index (χ4v) is 7.67. The van der Waals surface area contributed by atoms with E-state index in [4.69, 9.17) is 4.98 Å². The maximum absolute atomic E-state index is 12.7. The Morgan fingerprint density at radius 3 is 2.29 bits per heavy atom. The Bertz CT molecular complexity index is 1040. The minimum Gasteiger partial charge on any atom is -0.298 e. The Morgan fingerprint density at radius 1 is 1.10 bits per heavy atom. The molecule has 0 unspecified atom stereocenters. The van der Waals surface area contributed by atoms with Gasteiger partial charge in [-0.25, -0.2) is 18.1 Å². The molecule has 4 bridgehead atoms. The van der Waals surface area contributed by atoms with Gasteiger partial charge >= 0.3 is 0 Å².